The highest BCUT2D eigenvalue weighted by Crippen LogP contribution is 2.34. The van der Waals surface area contributed by atoms with E-state index in [0.29, 0.717) is 36.9 Å². The van der Waals surface area contributed by atoms with Crippen LogP contribution >= 0.6 is 22.9 Å². The maximum Gasteiger partial charge on any atom is 0.266 e. The Kier molecular flexibility index (Phi) is 4.74. The van der Waals surface area contributed by atoms with Gasteiger partial charge in [-0.25, -0.2) is 4.39 Å². The molecule has 2 amide bonds. The highest BCUT2D eigenvalue weighted by Gasteiger charge is 2.18. The van der Waals surface area contributed by atoms with Crippen molar-refractivity contribution in [2.45, 2.75) is 13.8 Å². The third kappa shape index (κ3) is 3.50. The molecule has 4 nitrogen and oxygen atoms in total. The zero-order chi connectivity index (χ0) is 18.1. The maximum atomic E-state index is 14.0. The molecule has 0 atom stereocenters. The topological polar surface area (TPSA) is 58.2 Å². The van der Waals surface area contributed by atoms with Crippen molar-refractivity contribution in [1.29, 1.82) is 0 Å². The average molecular weight is 377 g/mol. The van der Waals surface area contributed by atoms with E-state index < -0.39 is 0 Å². The Balaban J connectivity index is 1.94. The molecule has 0 aliphatic carbocycles. The standard InChI is InChI=1S/C18H14ClFN2O2S/c1-9-16-13(20)4-3-5-15(16)25-17(9)18(24)22-14-8-11(21-10(2)23)6-7-12(14)19/h3-8H,1-2H3,(H,21,23)(H,22,24). The predicted molar refractivity (Wildman–Crippen MR) is 100 cm³/mol. The molecule has 0 fully saturated rings. The number of aryl methyl sites for hydroxylation is 1. The van der Waals surface area contributed by atoms with E-state index in [-0.39, 0.29) is 17.6 Å². The fourth-order valence-corrected chi connectivity index (χ4v) is 3.83. The molecule has 128 valence electrons. The van der Waals surface area contributed by atoms with Gasteiger partial charge in [0.05, 0.1) is 15.6 Å². The van der Waals surface area contributed by atoms with Crippen LogP contribution in [0.1, 0.15) is 22.2 Å². The second-order valence-electron chi connectivity index (χ2n) is 5.50. The smallest absolute Gasteiger partial charge is 0.266 e. The number of rotatable bonds is 3. The van der Waals surface area contributed by atoms with Crippen molar-refractivity contribution in [1.82, 2.24) is 0 Å². The number of hydrogen-bond donors (Lipinski definition) is 2. The first-order valence-corrected chi connectivity index (χ1v) is 8.62. The average Bonchev–Trinajstić information content (AvgIpc) is 2.88. The lowest BCUT2D eigenvalue weighted by atomic mass is 10.1. The number of carbonyl (C=O) groups is 2. The normalized spacial score (nSPS) is 10.7. The largest absolute Gasteiger partial charge is 0.326 e. The van der Waals surface area contributed by atoms with E-state index in [1.807, 2.05) is 0 Å². The van der Waals surface area contributed by atoms with E-state index in [2.05, 4.69) is 10.6 Å². The number of carbonyl (C=O) groups excluding carboxylic acids is 2. The number of thiophene rings is 1. The SMILES string of the molecule is CC(=O)Nc1ccc(Cl)c(NC(=O)c2sc3cccc(F)c3c2C)c1. The molecule has 0 saturated heterocycles. The summed E-state index contributed by atoms with van der Waals surface area (Å²) < 4.78 is 14.7. The molecule has 2 aromatic carbocycles. The fraction of sp³-hybridized carbons (Fsp3) is 0.111. The summed E-state index contributed by atoms with van der Waals surface area (Å²) in [5.74, 6) is -0.952. The third-order valence-corrected chi connectivity index (χ3v) is 5.23. The number of nitrogens with one attached hydrogen (secondary N) is 2. The zero-order valence-corrected chi connectivity index (χ0v) is 15.0. The van der Waals surface area contributed by atoms with Crippen molar-refractivity contribution < 1.29 is 14.0 Å². The van der Waals surface area contributed by atoms with E-state index in [9.17, 15) is 14.0 Å². The third-order valence-electron chi connectivity index (χ3n) is 3.64. The molecule has 25 heavy (non-hydrogen) atoms. The molecule has 3 aromatic rings. The van der Waals surface area contributed by atoms with Gasteiger partial charge in [0.1, 0.15) is 5.82 Å². The molecule has 0 aliphatic rings. The van der Waals surface area contributed by atoms with E-state index in [1.165, 1.54) is 24.3 Å². The van der Waals surface area contributed by atoms with Crippen LogP contribution in [-0.4, -0.2) is 11.8 Å². The molecule has 7 heteroatoms. The second-order valence-corrected chi connectivity index (χ2v) is 6.96. The maximum absolute atomic E-state index is 14.0. The van der Waals surface area contributed by atoms with E-state index in [0.717, 1.165) is 0 Å². The Hall–Kier alpha value is -2.44. The summed E-state index contributed by atoms with van der Waals surface area (Å²) in [5.41, 5.74) is 1.48. The molecule has 3 rings (SSSR count). The molecule has 0 unspecified atom stereocenters. The van der Waals surface area contributed by atoms with Crippen molar-refractivity contribution in [3.05, 3.63) is 57.7 Å². The number of amides is 2. The van der Waals surface area contributed by atoms with Gasteiger partial charge in [-0.1, -0.05) is 17.7 Å². The Morgan fingerprint density at radius 1 is 1.16 bits per heavy atom. The molecule has 1 heterocycles. The van der Waals surface area contributed by atoms with Gasteiger partial charge in [-0.15, -0.1) is 11.3 Å². The van der Waals surface area contributed by atoms with Gasteiger partial charge < -0.3 is 10.6 Å². The van der Waals surface area contributed by atoms with Gasteiger partial charge in [-0.3, -0.25) is 9.59 Å². The summed E-state index contributed by atoms with van der Waals surface area (Å²) in [7, 11) is 0. The summed E-state index contributed by atoms with van der Waals surface area (Å²) in [6.45, 7) is 3.11. The first-order valence-electron chi connectivity index (χ1n) is 7.43. The van der Waals surface area contributed by atoms with Crippen LogP contribution < -0.4 is 10.6 Å². The van der Waals surface area contributed by atoms with Crippen LogP contribution in [0.5, 0.6) is 0 Å². The van der Waals surface area contributed by atoms with Crippen LogP contribution in [0.4, 0.5) is 15.8 Å². The molecule has 0 bridgehead atoms. The van der Waals surface area contributed by atoms with Crippen molar-refractivity contribution in [3.63, 3.8) is 0 Å². The van der Waals surface area contributed by atoms with Crippen molar-refractivity contribution in [3.8, 4) is 0 Å². The van der Waals surface area contributed by atoms with Crippen LogP contribution in [0, 0.1) is 12.7 Å². The lowest BCUT2D eigenvalue weighted by Crippen LogP contribution is -2.12. The molecule has 0 spiro atoms. The van der Waals surface area contributed by atoms with Crippen LogP contribution in [0.15, 0.2) is 36.4 Å². The number of hydrogen-bond acceptors (Lipinski definition) is 3. The predicted octanol–water partition coefficient (Wildman–Crippen LogP) is 5.21. The molecular weight excluding hydrogens is 363 g/mol. The highest BCUT2D eigenvalue weighted by molar-refractivity contribution is 7.21. The van der Waals surface area contributed by atoms with Crippen LogP contribution in [0.2, 0.25) is 5.02 Å². The van der Waals surface area contributed by atoms with E-state index in [4.69, 9.17) is 11.6 Å². The Morgan fingerprint density at radius 3 is 2.60 bits per heavy atom. The quantitative estimate of drug-likeness (QED) is 0.659. The summed E-state index contributed by atoms with van der Waals surface area (Å²) in [6, 6.07) is 9.56. The molecule has 0 radical (unpaired) electrons. The molecule has 1 aromatic heterocycles. The number of fused-ring (bicyclic) bond motifs is 1. The van der Waals surface area contributed by atoms with Gasteiger partial charge in [-0.2, -0.15) is 0 Å². The van der Waals surface area contributed by atoms with Crippen LogP contribution in [0.25, 0.3) is 10.1 Å². The number of halogens is 2. The summed E-state index contributed by atoms with van der Waals surface area (Å²) in [4.78, 5) is 24.2. The van der Waals surface area contributed by atoms with E-state index in [1.54, 1.807) is 37.3 Å². The summed E-state index contributed by atoms with van der Waals surface area (Å²) in [5, 5.41) is 6.15. The van der Waals surface area contributed by atoms with Gasteiger partial charge in [0.15, 0.2) is 0 Å². The van der Waals surface area contributed by atoms with E-state index >= 15 is 0 Å². The van der Waals surface area contributed by atoms with Crippen molar-refractivity contribution in [2.24, 2.45) is 0 Å². The Bertz CT molecular complexity index is 1000. The van der Waals surface area contributed by atoms with Gasteiger partial charge >= 0.3 is 0 Å². The second kappa shape index (κ2) is 6.82. The fourth-order valence-electron chi connectivity index (χ4n) is 2.55. The van der Waals surface area contributed by atoms with Gasteiger partial charge in [0.25, 0.3) is 5.91 Å². The molecule has 0 aliphatic heterocycles. The molecular formula is C18H14ClFN2O2S. The van der Waals surface area contributed by atoms with Crippen molar-refractivity contribution in [2.75, 3.05) is 10.6 Å². The monoisotopic (exact) mass is 376 g/mol. The lowest BCUT2D eigenvalue weighted by Gasteiger charge is -2.09. The Morgan fingerprint density at radius 2 is 1.92 bits per heavy atom. The first-order chi connectivity index (χ1) is 11.9. The van der Waals surface area contributed by atoms with Crippen LogP contribution in [0.3, 0.4) is 0 Å². The first kappa shape index (κ1) is 17.4. The molecule has 2 N–H and O–H groups in total. The number of benzene rings is 2. The highest BCUT2D eigenvalue weighted by atomic mass is 35.5. The minimum Gasteiger partial charge on any atom is -0.326 e. The minimum atomic E-state index is -0.375. The minimum absolute atomic E-state index is 0.226. The molecule has 0 saturated carbocycles. The van der Waals surface area contributed by atoms with Gasteiger partial charge in [0.2, 0.25) is 5.91 Å². The van der Waals surface area contributed by atoms with Crippen molar-refractivity contribution >= 4 is 56.2 Å². The zero-order valence-electron chi connectivity index (χ0n) is 13.4. The number of anilines is 2. The van der Waals surface area contributed by atoms with Gasteiger partial charge in [-0.05, 0) is 42.8 Å². The lowest BCUT2D eigenvalue weighted by molar-refractivity contribution is -0.114. The summed E-state index contributed by atoms with van der Waals surface area (Å²) >= 11 is 7.35. The Labute approximate surface area is 152 Å². The van der Waals surface area contributed by atoms with Crippen LogP contribution in [-0.2, 0) is 4.79 Å². The summed E-state index contributed by atoms with van der Waals surface area (Å²) in [6.07, 6.45) is 0. The van der Waals surface area contributed by atoms with Gasteiger partial charge in [0, 0.05) is 22.7 Å².